The molecule has 12 heteroatoms. The Hall–Kier alpha value is -2.83. The molecule has 2 heterocycles. The molecule has 0 spiro atoms. The van der Waals surface area contributed by atoms with Crippen molar-refractivity contribution in [2.45, 2.75) is 48.4 Å². The number of carbonyl (C=O) groups is 2. The average Bonchev–Trinajstić information content (AvgIpc) is 3.41. The van der Waals surface area contributed by atoms with Crippen LogP contribution in [0.2, 0.25) is 0 Å². The first-order valence-electron chi connectivity index (χ1n) is 11.4. The highest BCUT2D eigenvalue weighted by atomic mass is 32.2. The Morgan fingerprint density at radius 1 is 1.23 bits per heavy atom. The van der Waals surface area contributed by atoms with Crippen LogP contribution in [0, 0.1) is 0 Å². The summed E-state index contributed by atoms with van der Waals surface area (Å²) in [6.07, 6.45) is 4.26. The number of hydrogen-bond acceptors (Lipinski definition) is 9. The molecular weight excluding hydrogens is 492 g/mol. The Balaban J connectivity index is 1.49. The molecule has 1 N–H and O–H groups in total. The number of sulfone groups is 1. The molecule has 2 aromatic rings. The van der Waals surface area contributed by atoms with Crippen molar-refractivity contribution in [2.24, 2.45) is 5.16 Å². The number of amides is 2. The molecule has 10 nitrogen and oxygen atoms in total. The first-order chi connectivity index (χ1) is 16.7. The van der Waals surface area contributed by atoms with Gasteiger partial charge >= 0.3 is 0 Å². The fraction of sp³-hybridized carbons (Fsp3) is 0.478. The number of aryl methyl sites for hydroxylation is 1. The molecule has 1 aliphatic carbocycles. The zero-order valence-corrected chi connectivity index (χ0v) is 21.2. The van der Waals surface area contributed by atoms with Crippen LogP contribution in [0.4, 0.5) is 5.13 Å². The van der Waals surface area contributed by atoms with Gasteiger partial charge in [-0.1, -0.05) is 17.3 Å². The lowest BCUT2D eigenvalue weighted by Gasteiger charge is -2.10. The van der Waals surface area contributed by atoms with Crippen LogP contribution < -0.4 is 5.32 Å². The molecule has 2 amide bonds. The average molecular weight is 521 g/mol. The highest BCUT2D eigenvalue weighted by Crippen LogP contribution is 2.33. The molecule has 2 aliphatic rings. The lowest BCUT2D eigenvalue weighted by molar-refractivity contribution is -0.128. The number of thiazole rings is 1. The van der Waals surface area contributed by atoms with Crippen molar-refractivity contribution in [3.8, 4) is 0 Å². The monoisotopic (exact) mass is 520 g/mol. The van der Waals surface area contributed by atoms with Gasteiger partial charge in [-0.15, -0.1) is 11.3 Å². The van der Waals surface area contributed by atoms with E-state index in [9.17, 15) is 18.0 Å². The second-order valence-corrected chi connectivity index (χ2v) is 12.0. The third-order valence-corrected chi connectivity index (χ3v) is 8.92. The van der Waals surface area contributed by atoms with Gasteiger partial charge in [-0.25, -0.2) is 13.4 Å². The molecule has 35 heavy (non-hydrogen) atoms. The van der Waals surface area contributed by atoms with Crippen LogP contribution >= 0.6 is 11.3 Å². The van der Waals surface area contributed by atoms with E-state index in [1.165, 1.54) is 28.4 Å². The van der Waals surface area contributed by atoms with E-state index >= 15 is 0 Å². The summed E-state index contributed by atoms with van der Waals surface area (Å²) in [5.41, 5.74) is 0.427. The smallest absolute Gasteiger partial charge is 0.280 e. The van der Waals surface area contributed by atoms with E-state index in [0.29, 0.717) is 56.0 Å². The van der Waals surface area contributed by atoms with Gasteiger partial charge in [0.2, 0.25) is 5.91 Å². The van der Waals surface area contributed by atoms with Crippen molar-refractivity contribution in [2.75, 3.05) is 32.6 Å². The SMILES string of the molecule is CN(C)C(=O)CCc1cnc(NC(=O)C(=NO[C@@H]2CCOC2)c2ccc(S(=O)(=O)C3CC3)cc2)s1. The predicted molar refractivity (Wildman–Crippen MR) is 131 cm³/mol. The van der Waals surface area contributed by atoms with Crippen LogP contribution in [0.25, 0.3) is 0 Å². The molecule has 1 aromatic carbocycles. The quantitative estimate of drug-likeness (QED) is 0.376. The van der Waals surface area contributed by atoms with Gasteiger partial charge in [0.15, 0.2) is 26.8 Å². The maximum absolute atomic E-state index is 13.1. The number of aromatic nitrogens is 1. The van der Waals surface area contributed by atoms with Gasteiger partial charge < -0.3 is 14.5 Å². The van der Waals surface area contributed by atoms with E-state index in [0.717, 1.165) is 4.88 Å². The van der Waals surface area contributed by atoms with Crippen molar-refractivity contribution in [3.63, 3.8) is 0 Å². The Kier molecular flexibility index (Phi) is 7.82. The van der Waals surface area contributed by atoms with Crippen LogP contribution in [0.3, 0.4) is 0 Å². The summed E-state index contributed by atoms with van der Waals surface area (Å²) >= 11 is 1.28. The maximum Gasteiger partial charge on any atom is 0.280 e. The van der Waals surface area contributed by atoms with Gasteiger partial charge in [0.05, 0.1) is 23.4 Å². The van der Waals surface area contributed by atoms with Crippen LogP contribution in [0.1, 0.15) is 36.1 Å². The first kappa shape index (κ1) is 25.3. The molecule has 0 unspecified atom stereocenters. The Morgan fingerprint density at radius 3 is 2.60 bits per heavy atom. The van der Waals surface area contributed by atoms with Crippen molar-refractivity contribution in [3.05, 3.63) is 40.9 Å². The van der Waals surface area contributed by atoms with Crippen LogP contribution in [-0.4, -0.2) is 74.5 Å². The van der Waals surface area contributed by atoms with Crippen molar-refractivity contribution >= 4 is 43.8 Å². The van der Waals surface area contributed by atoms with Crippen LogP contribution in [0.15, 0.2) is 40.5 Å². The molecule has 0 radical (unpaired) electrons. The van der Waals surface area contributed by atoms with Gasteiger partial charge in [0, 0.05) is 43.6 Å². The number of ether oxygens (including phenoxy) is 1. The van der Waals surface area contributed by atoms with E-state index in [1.54, 1.807) is 32.4 Å². The molecule has 1 aliphatic heterocycles. The molecule has 1 saturated heterocycles. The zero-order chi connectivity index (χ0) is 25.0. The molecule has 0 bridgehead atoms. The van der Waals surface area contributed by atoms with E-state index < -0.39 is 15.7 Å². The molecular formula is C23H28N4O6S2. The number of nitrogens with zero attached hydrogens (tertiary/aromatic N) is 3. The highest BCUT2D eigenvalue weighted by molar-refractivity contribution is 7.92. The Bertz CT molecular complexity index is 1200. The lowest BCUT2D eigenvalue weighted by atomic mass is 10.1. The molecule has 1 atom stereocenters. The molecule has 2 fully saturated rings. The van der Waals surface area contributed by atoms with Gasteiger partial charge in [0.1, 0.15) is 0 Å². The first-order valence-corrected chi connectivity index (χ1v) is 13.7. The Morgan fingerprint density at radius 2 is 1.97 bits per heavy atom. The summed E-state index contributed by atoms with van der Waals surface area (Å²) in [6.45, 7) is 0.951. The van der Waals surface area contributed by atoms with Crippen molar-refractivity contribution in [1.29, 1.82) is 0 Å². The second-order valence-electron chi connectivity index (χ2n) is 8.67. The number of benzene rings is 1. The van der Waals surface area contributed by atoms with Gasteiger partial charge in [-0.05, 0) is 31.4 Å². The number of oxime groups is 1. The highest BCUT2D eigenvalue weighted by Gasteiger charge is 2.36. The van der Waals surface area contributed by atoms with Gasteiger partial charge in [0.25, 0.3) is 5.91 Å². The van der Waals surface area contributed by atoms with Gasteiger partial charge in [-0.2, -0.15) is 0 Å². The van der Waals surface area contributed by atoms with Gasteiger partial charge in [-0.3, -0.25) is 14.9 Å². The Labute approximate surface area is 208 Å². The van der Waals surface area contributed by atoms with Crippen LogP contribution in [-0.2, 0) is 35.4 Å². The minimum atomic E-state index is -3.34. The second kappa shape index (κ2) is 10.8. The third kappa shape index (κ3) is 6.44. The molecule has 188 valence electrons. The molecule has 1 aromatic heterocycles. The fourth-order valence-electron chi connectivity index (χ4n) is 3.41. The summed E-state index contributed by atoms with van der Waals surface area (Å²) in [5, 5.41) is 6.88. The molecule has 4 rings (SSSR count). The summed E-state index contributed by atoms with van der Waals surface area (Å²) in [4.78, 5) is 37.3. The number of hydrogen-bond donors (Lipinski definition) is 1. The summed E-state index contributed by atoms with van der Waals surface area (Å²) in [7, 11) is 0.0668. The van der Waals surface area contributed by atoms with E-state index in [4.69, 9.17) is 9.57 Å². The van der Waals surface area contributed by atoms with Crippen molar-refractivity contribution in [1.82, 2.24) is 9.88 Å². The molecule has 1 saturated carbocycles. The van der Waals surface area contributed by atoms with Crippen molar-refractivity contribution < 1.29 is 27.6 Å². The predicted octanol–water partition coefficient (Wildman–Crippen LogP) is 2.25. The van der Waals surface area contributed by atoms with E-state index in [2.05, 4.69) is 15.5 Å². The normalized spacial score (nSPS) is 18.3. The largest absolute Gasteiger partial charge is 0.389 e. The zero-order valence-electron chi connectivity index (χ0n) is 19.6. The number of carbonyl (C=O) groups excluding carboxylic acids is 2. The number of nitrogens with one attached hydrogen (secondary N) is 1. The lowest BCUT2D eigenvalue weighted by Crippen LogP contribution is -2.25. The number of rotatable bonds is 10. The van der Waals surface area contributed by atoms with E-state index in [1.807, 2.05) is 0 Å². The van der Waals surface area contributed by atoms with Crippen LogP contribution in [0.5, 0.6) is 0 Å². The minimum absolute atomic E-state index is 0.00630. The van der Waals surface area contributed by atoms with E-state index in [-0.39, 0.29) is 27.9 Å². The fourth-order valence-corrected chi connectivity index (χ4v) is 5.88. The minimum Gasteiger partial charge on any atom is -0.389 e. The standard InChI is InChI=1S/C23H28N4O6S2/c1-27(2)20(28)10-5-17-13-24-23(34-17)25-22(29)21(26-33-16-11-12-32-14-16)15-3-6-18(7-4-15)35(30,31)19-8-9-19/h3-4,6-7,13,16,19H,5,8-12,14H2,1-2H3,(H,24,25,29)/t16-/m1/s1. The number of anilines is 1. The maximum atomic E-state index is 13.1. The summed E-state index contributed by atoms with van der Waals surface area (Å²) < 4.78 is 30.3. The summed E-state index contributed by atoms with van der Waals surface area (Å²) in [5.74, 6) is -0.523. The third-order valence-electron chi connectivity index (χ3n) is 5.67. The summed E-state index contributed by atoms with van der Waals surface area (Å²) in [6, 6.07) is 6.10. The topological polar surface area (TPSA) is 127 Å².